The second-order valence-electron chi connectivity index (χ2n) is 5.13. The lowest BCUT2D eigenvalue weighted by molar-refractivity contribution is 0.609. The van der Waals surface area contributed by atoms with Gasteiger partial charge in [-0.3, -0.25) is 0 Å². The topological polar surface area (TPSA) is 26.0 Å². The quantitative estimate of drug-likeness (QED) is 0.794. The summed E-state index contributed by atoms with van der Waals surface area (Å²) in [5, 5.41) is 0.997. The molecule has 3 heteroatoms. The Morgan fingerprint density at radius 2 is 1.94 bits per heavy atom. The van der Waals surface area contributed by atoms with E-state index < -0.39 is 0 Å². The van der Waals surface area contributed by atoms with E-state index in [2.05, 4.69) is 67.9 Å². The van der Waals surface area contributed by atoms with Crippen LogP contribution in [0.1, 0.15) is 44.9 Å². The van der Waals surface area contributed by atoms with Gasteiger partial charge in [0.1, 0.15) is 0 Å². The van der Waals surface area contributed by atoms with E-state index in [0.717, 1.165) is 10.9 Å². The van der Waals surface area contributed by atoms with Crippen LogP contribution in [0, 0.1) is 5.92 Å². The SMILES string of the molecule is CCC(N)C(SC(C)C(C)C)c1cccc(Br)c1. The molecule has 3 atom stereocenters. The second-order valence-corrected chi connectivity index (χ2v) is 7.57. The van der Waals surface area contributed by atoms with Crippen molar-refractivity contribution in [3.05, 3.63) is 34.3 Å². The van der Waals surface area contributed by atoms with E-state index in [4.69, 9.17) is 5.73 Å². The van der Waals surface area contributed by atoms with Gasteiger partial charge in [0.05, 0.1) is 0 Å². The monoisotopic (exact) mass is 329 g/mol. The van der Waals surface area contributed by atoms with Crippen LogP contribution in [0.3, 0.4) is 0 Å². The summed E-state index contributed by atoms with van der Waals surface area (Å²) in [6.07, 6.45) is 1.01. The molecule has 0 bridgehead atoms. The summed E-state index contributed by atoms with van der Waals surface area (Å²) in [5.74, 6) is 0.675. The van der Waals surface area contributed by atoms with E-state index in [1.165, 1.54) is 5.56 Å². The Morgan fingerprint density at radius 3 is 2.44 bits per heavy atom. The van der Waals surface area contributed by atoms with Crippen LogP contribution in [0.2, 0.25) is 0 Å². The Hall–Kier alpha value is 0.01000. The van der Waals surface area contributed by atoms with E-state index in [-0.39, 0.29) is 6.04 Å². The highest BCUT2D eigenvalue weighted by Gasteiger charge is 2.23. The molecule has 3 unspecified atom stereocenters. The van der Waals surface area contributed by atoms with Crippen LogP contribution >= 0.6 is 27.7 Å². The van der Waals surface area contributed by atoms with E-state index >= 15 is 0 Å². The molecule has 1 aromatic carbocycles. The third kappa shape index (κ3) is 4.60. The van der Waals surface area contributed by atoms with Crippen molar-refractivity contribution in [3.8, 4) is 0 Å². The predicted molar refractivity (Wildman–Crippen MR) is 87.0 cm³/mol. The average molecular weight is 330 g/mol. The van der Waals surface area contributed by atoms with Crippen molar-refractivity contribution in [3.63, 3.8) is 0 Å². The van der Waals surface area contributed by atoms with Crippen LogP contribution < -0.4 is 5.73 Å². The lowest BCUT2D eigenvalue weighted by Crippen LogP contribution is -2.27. The maximum atomic E-state index is 6.31. The molecule has 0 radical (unpaired) electrons. The summed E-state index contributed by atoms with van der Waals surface area (Å²) in [5.41, 5.74) is 7.64. The molecule has 0 aliphatic rings. The summed E-state index contributed by atoms with van der Waals surface area (Å²) in [6, 6.07) is 8.75. The third-order valence-corrected chi connectivity index (χ3v) is 5.72. The average Bonchev–Trinajstić information content (AvgIpc) is 2.34. The maximum absolute atomic E-state index is 6.31. The summed E-state index contributed by atoms with van der Waals surface area (Å²) < 4.78 is 1.13. The molecule has 0 saturated heterocycles. The van der Waals surface area contributed by atoms with Crippen molar-refractivity contribution < 1.29 is 0 Å². The summed E-state index contributed by atoms with van der Waals surface area (Å²) in [6.45, 7) is 9.00. The van der Waals surface area contributed by atoms with Crippen molar-refractivity contribution in [1.82, 2.24) is 0 Å². The van der Waals surface area contributed by atoms with Gasteiger partial charge in [-0.25, -0.2) is 0 Å². The fraction of sp³-hybridized carbons (Fsp3) is 0.600. The minimum atomic E-state index is 0.213. The molecule has 18 heavy (non-hydrogen) atoms. The van der Waals surface area contributed by atoms with Crippen LogP contribution in [-0.2, 0) is 0 Å². The number of rotatable bonds is 6. The molecule has 2 N–H and O–H groups in total. The molecule has 0 heterocycles. The van der Waals surface area contributed by atoms with E-state index in [0.29, 0.717) is 16.4 Å². The van der Waals surface area contributed by atoms with Gasteiger partial charge in [0, 0.05) is 21.0 Å². The maximum Gasteiger partial charge on any atom is 0.0451 e. The molecule has 0 spiro atoms. The summed E-state index contributed by atoms with van der Waals surface area (Å²) in [7, 11) is 0. The standard InChI is InChI=1S/C15H24BrNS/c1-5-14(17)15(18-11(4)10(2)3)12-7-6-8-13(16)9-12/h6-11,14-15H,5,17H2,1-4H3. The number of benzene rings is 1. The molecule has 0 aromatic heterocycles. The zero-order chi connectivity index (χ0) is 13.7. The van der Waals surface area contributed by atoms with Gasteiger partial charge in [0.25, 0.3) is 0 Å². The molecule has 1 rings (SSSR count). The Kier molecular flexibility index (Phi) is 6.75. The summed E-state index contributed by atoms with van der Waals surface area (Å²) in [4.78, 5) is 0. The lowest BCUT2D eigenvalue weighted by atomic mass is 10.0. The first-order chi connectivity index (χ1) is 8.45. The molecule has 0 saturated carbocycles. The first kappa shape index (κ1) is 16.1. The Labute approximate surface area is 124 Å². The Balaban J connectivity index is 2.91. The van der Waals surface area contributed by atoms with Gasteiger partial charge in [0.15, 0.2) is 0 Å². The number of hydrogen-bond acceptors (Lipinski definition) is 2. The van der Waals surface area contributed by atoms with Crippen LogP contribution in [0.4, 0.5) is 0 Å². The van der Waals surface area contributed by atoms with Crippen molar-refractivity contribution in [2.75, 3.05) is 0 Å². The van der Waals surface area contributed by atoms with Crippen LogP contribution in [0.25, 0.3) is 0 Å². The Bertz CT molecular complexity index is 367. The molecular weight excluding hydrogens is 306 g/mol. The van der Waals surface area contributed by atoms with Crippen molar-refractivity contribution >= 4 is 27.7 Å². The molecule has 0 aliphatic heterocycles. The highest BCUT2D eigenvalue weighted by Crippen LogP contribution is 2.38. The molecule has 1 aromatic rings. The smallest absolute Gasteiger partial charge is 0.0451 e. The van der Waals surface area contributed by atoms with Crippen molar-refractivity contribution in [2.45, 2.75) is 50.7 Å². The highest BCUT2D eigenvalue weighted by molar-refractivity contribution is 9.10. The van der Waals surface area contributed by atoms with E-state index in [1.807, 2.05) is 11.8 Å². The molecule has 102 valence electrons. The van der Waals surface area contributed by atoms with Gasteiger partial charge < -0.3 is 5.73 Å². The first-order valence-corrected chi connectivity index (χ1v) is 8.35. The number of thioether (sulfide) groups is 1. The minimum Gasteiger partial charge on any atom is -0.326 e. The fourth-order valence-corrected chi connectivity index (χ4v) is 3.60. The van der Waals surface area contributed by atoms with Crippen molar-refractivity contribution in [2.24, 2.45) is 11.7 Å². The molecule has 0 aliphatic carbocycles. The number of nitrogens with two attached hydrogens (primary N) is 1. The molecule has 0 amide bonds. The largest absolute Gasteiger partial charge is 0.326 e. The zero-order valence-corrected chi connectivity index (χ0v) is 14.1. The number of halogens is 1. The van der Waals surface area contributed by atoms with E-state index in [9.17, 15) is 0 Å². The Morgan fingerprint density at radius 1 is 1.28 bits per heavy atom. The van der Waals surface area contributed by atoms with Gasteiger partial charge in [-0.2, -0.15) is 0 Å². The van der Waals surface area contributed by atoms with Gasteiger partial charge >= 0.3 is 0 Å². The van der Waals surface area contributed by atoms with Crippen LogP contribution in [0.5, 0.6) is 0 Å². The van der Waals surface area contributed by atoms with Crippen LogP contribution in [0.15, 0.2) is 28.7 Å². The molecule has 1 nitrogen and oxygen atoms in total. The predicted octanol–water partition coefficient (Wildman–Crippen LogP) is 5.01. The minimum absolute atomic E-state index is 0.213. The lowest BCUT2D eigenvalue weighted by Gasteiger charge is -2.28. The highest BCUT2D eigenvalue weighted by atomic mass is 79.9. The van der Waals surface area contributed by atoms with Gasteiger partial charge in [0.2, 0.25) is 0 Å². The third-order valence-electron chi connectivity index (χ3n) is 3.34. The second kappa shape index (κ2) is 7.56. The van der Waals surface area contributed by atoms with Gasteiger partial charge in [-0.15, -0.1) is 11.8 Å². The van der Waals surface area contributed by atoms with Gasteiger partial charge in [-0.05, 0) is 30.0 Å². The molecule has 0 fully saturated rings. The normalized spacial score (nSPS) is 16.6. The zero-order valence-electron chi connectivity index (χ0n) is 11.7. The summed E-state index contributed by atoms with van der Waals surface area (Å²) >= 11 is 5.55. The van der Waals surface area contributed by atoms with Gasteiger partial charge in [-0.1, -0.05) is 55.8 Å². The van der Waals surface area contributed by atoms with Crippen molar-refractivity contribution in [1.29, 1.82) is 0 Å². The van der Waals surface area contributed by atoms with E-state index in [1.54, 1.807) is 0 Å². The van der Waals surface area contributed by atoms with Crippen LogP contribution in [-0.4, -0.2) is 11.3 Å². The fourth-order valence-electron chi connectivity index (χ4n) is 1.71. The molecular formula is C15H24BrNS. The number of hydrogen-bond donors (Lipinski definition) is 1. The first-order valence-electron chi connectivity index (χ1n) is 6.62.